The van der Waals surface area contributed by atoms with Crippen LogP contribution in [0.2, 0.25) is 0 Å². The lowest BCUT2D eigenvalue weighted by Gasteiger charge is -2.06. The van der Waals surface area contributed by atoms with Gasteiger partial charge in [-0.2, -0.15) is 0 Å². The molecule has 0 heterocycles. The number of phenols is 2. The van der Waals surface area contributed by atoms with Gasteiger partial charge in [-0.3, -0.25) is 0 Å². The largest absolute Gasteiger partial charge is 0.507 e. The molecule has 0 saturated heterocycles. The van der Waals surface area contributed by atoms with Crippen molar-refractivity contribution in [1.82, 2.24) is 0 Å². The lowest BCUT2D eigenvalue weighted by atomic mass is 10.0. The number of thiol groups is 1. The minimum Gasteiger partial charge on any atom is -0.507 e. The van der Waals surface area contributed by atoms with Gasteiger partial charge in [0.1, 0.15) is 11.5 Å². The molecule has 15 heavy (non-hydrogen) atoms. The lowest BCUT2D eigenvalue weighted by molar-refractivity contribution is 0.450. The zero-order valence-corrected chi connectivity index (χ0v) is 8.78. The van der Waals surface area contributed by atoms with Gasteiger partial charge >= 0.3 is 0 Å². The minimum absolute atomic E-state index is 0.0648. The van der Waals surface area contributed by atoms with Gasteiger partial charge in [-0.05, 0) is 17.7 Å². The van der Waals surface area contributed by atoms with Crippen LogP contribution in [0.15, 0.2) is 47.4 Å². The van der Waals surface area contributed by atoms with Gasteiger partial charge < -0.3 is 10.2 Å². The standard InChI is InChI=1S/C12H10O2S/c13-10-7-12(15)11(14)6-9(10)8-4-2-1-3-5-8/h1-7,13-15H. The van der Waals surface area contributed by atoms with E-state index in [4.69, 9.17) is 0 Å². The van der Waals surface area contributed by atoms with Gasteiger partial charge in [-0.15, -0.1) is 12.6 Å². The van der Waals surface area contributed by atoms with E-state index in [1.54, 1.807) is 0 Å². The van der Waals surface area contributed by atoms with Crippen molar-refractivity contribution >= 4 is 12.6 Å². The van der Waals surface area contributed by atoms with Crippen LogP contribution in [0, 0.1) is 0 Å². The summed E-state index contributed by atoms with van der Waals surface area (Å²) in [6, 6.07) is 12.3. The van der Waals surface area contributed by atoms with Crippen molar-refractivity contribution in [1.29, 1.82) is 0 Å². The molecule has 76 valence electrons. The average Bonchev–Trinajstić information content (AvgIpc) is 2.25. The van der Waals surface area contributed by atoms with E-state index in [1.807, 2.05) is 30.3 Å². The summed E-state index contributed by atoms with van der Waals surface area (Å²) in [5.41, 5.74) is 1.46. The van der Waals surface area contributed by atoms with Crippen molar-refractivity contribution in [3.05, 3.63) is 42.5 Å². The van der Waals surface area contributed by atoms with Crippen molar-refractivity contribution in [2.24, 2.45) is 0 Å². The molecule has 2 nitrogen and oxygen atoms in total. The summed E-state index contributed by atoms with van der Waals surface area (Å²) in [5, 5.41) is 19.2. The normalized spacial score (nSPS) is 10.2. The van der Waals surface area contributed by atoms with Crippen LogP contribution in [0.5, 0.6) is 11.5 Å². The van der Waals surface area contributed by atoms with E-state index in [-0.39, 0.29) is 11.5 Å². The van der Waals surface area contributed by atoms with Crippen LogP contribution in [-0.4, -0.2) is 10.2 Å². The number of hydrogen-bond donors (Lipinski definition) is 3. The van der Waals surface area contributed by atoms with Crippen LogP contribution in [0.4, 0.5) is 0 Å². The van der Waals surface area contributed by atoms with Gasteiger partial charge in [-0.25, -0.2) is 0 Å². The molecule has 0 fully saturated rings. The summed E-state index contributed by atoms with van der Waals surface area (Å²) in [5.74, 6) is 0.180. The number of aromatic hydroxyl groups is 2. The summed E-state index contributed by atoms with van der Waals surface area (Å²) < 4.78 is 0. The molecule has 2 aromatic carbocycles. The first kappa shape index (κ1) is 9.93. The highest BCUT2D eigenvalue weighted by Gasteiger charge is 2.07. The predicted molar refractivity (Wildman–Crippen MR) is 62.5 cm³/mol. The molecule has 0 unspecified atom stereocenters. The molecule has 0 amide bonds. The summed E-state index contributed by atoms with van der Waals surface area (Å²) in [6.45, 7) is 0. The van der Waals surface area contributed by atoms with E-state index in [0.717, 1.165) is 5.56 Å². The first-order valence-corrected chi connectivity index (χ1v) is 4.93. The van der Waals surface area contributed by atoms with Crippen molar-refractivity contribution < 1.29 is 10.2 Å². The summed E-state index contributed by atoms with van der Waals surface area (Å²) >= 11 is 4.02. The molecule has 2 N–H and O–H groups in total. The Morgan fingerprint density at radius 3 is 2.20 bits per heavy atom. The molecule has 0 spiro atoms. The van der Waals surface area contributed by atoms with Crippen LogP contribution in [0.25, 0.3) is 11.1 Å². The van der Waals surface area contributed by atoms with Crippen molar-refractivity contribution in [3.63, 3.8) is 0 Å². The Kier molecular flexibility index (Phi) is 2.56. The Labute approximate surface area is 93.2 Å². The Morgan fingerprint density at radius 1 is 0.867 bits per heavy atom. The number of phenolic OH excluding ortho intramolecular Hbond substituents is 2. The fraction of sp³-hybridized carbons (Fsp3) is 0. The monoisotopic (exact) mass is 218 g/mol. The van der Waals surface area contributed by atoms with Gasteiger partial charge in [0.15, 0.2) is 0 Å². The maximum Gasteiger partial charge on any atom is 0.129 e. The second-order valence-electron chi connectivity index (χ2n) is 3.22. The smallest absolute Gasteiger partial charge is 0.129 e. The zero-order chi connectivity index (χ0) is 10.8. The Bertz CT molecular complexity index is 480. The molecule has 0 radical (unpaired) electrons. The molecule has 0 aliphatic rings. The molecule has 0 aliphatic heterocycles. The zero-order valence-electron chi connectivity index (χ0n) is 7.88. The minimum atomic E-state index is 0.0648. The third-order valence-corrected chi connectivity index (χ3v) is 2.54. The van der Waals surface area contributed by atoms with E-state index in [9.17, 15) is 10.2 Å². The molecular weight excluding hydrogens is 208 g/mol. The summed E-state index contributed by atoms with van der Waals surface area (Å²) in [6.07, 6.45) is 0. The first-order valence-electron chi connectivity index (χ1n) is 4.49. The molecule has 2 rings (SSSR count). The number of rotatable bonds is 1. The maximum atomic E-state index is 9.71. The van der Waals surface area contributed by atoms with Crippen molar-refractivity contribution in [3.8, 4) is 22.6 Å². The summed E-state index contributed by atoms with van der Waals surface area (Å²) in [4.78, 5) is 0.368. The second kappa shape index (κ2) is 3.87. The molecule has 0 bridgehead atoms. The highest BCUT2D eigenvalue weighted by atomic mass is 32.1. The van der Waals surface area contributed by atoms with Gasteiger partial charge in [-0.1, -0.05) is 30.3 Å². The SMILES string of the molecule is Oc1cc(-c2ccccc2)c(O)cc1S. The second-order valence-corrected chi connectivity index (χ2v) is 3.71. The molecule has 0 aliphatic carbocycles. The third-order valence-electron chi connectivity index (χ3n) is 2.18. The van der Waals surface area contributed by atoms with E-state index in [2.05, 4.69) is 12.6 Å². The van der Waals surface area contributed by atoms with E-state index in [0.29, 0.717) is 10.5 Å². The molecule has 0 saturated carbocycles. The van der Waals surface area contributed by atoms with Gasteiger partial charge in [0.2, 0.25) is 0 Å². The first-order chi connectivity index (χ1) is 7.18. The summed E-state index contributed by atoms with van der Waals surface area (Å²) in [7, 11) is 0. The van der Waals surface area contributed by atoms with E-state index < -0.39 is 0 Å². The highest BCUT2D eigenvalue weighted by molar-refractivity contribution is 7.80. The van der Waals surface area contributed by atoms with Crippen LogP contribution < -0.4 is 0 Å². The van der Waals surface area contributed by atoms with Crippen LogP contribution in [0.1, 0.15) is 0 Å². The Balaban J connectivity index is 2.59. The van der Waals surface area contributed by atoms with Crippen LogP contribution in [0.3, 0.4) is 0 Å². The molecular formula is C12H10O2S. The van der Waals surface area contributed by atoms with Crippen molar-refractivity contribution in [2.75, 3.05) is 0 Å². The predicted octanol–water partition coefficient (Wildman–Crippen LogP) is 3.05. The fourth-order valence-corrected chi connectivity index (χ4v) is 1.60. The van der Waals surface area contributed by atoms with Crippen LogP contribution in [-0.2, 0) is 0 Å². The molecule has 3 heteroatoms. The molecule has 0 atom stereocenters. The topological polar surface area (TPSA) is 40.5 Å². The van der Waals surface area contributed by atoms with E-state index >= 15 is 0 Å². The van der Waals surface area contributed by atoms with Crippen LogP contribution >= 0.6 is 12.6 Å². The lowest BCUT2D eigenvalue weighted by Crippen LogP contribution is -1.80. The van der Waals surface area contributed by atoms with Gasteiger partial charge in [0.05, 0.1) is 0 Å². The third kappa shape index (κ3) is 1.92. The quantitative estimate of drug-likeness (QED) is 0.508. The Morgan fingerprint density at radius 2 is 1.53 bits per heavy atom. The van der Waals surface area contributed by atoms with Gasteiger partial charge in [0.25, 0.3) is 0 Å². The maximum absolute atomic E-state index is 9.71. The van der Waals surface area contributed by atoms with E-state index in [1.165, 1.54) is 12.1 Å². The fourth-order valence-electron chi connectivity index (χ4n) is 1.41. The van der Waals surface area contributed by atoms with Crippen molar-refractivity contribution in [2.45, 2.75) is 4.90 Å². The molecule has 2 aromatic rings. The average molecular weight is 218 g/mol. The number of benzene rings is 2. The number of hydrogen-bond acceptors (Lipinski definition) is 3. The molecule has 0 aromatic heterocycles. The van der Waals surface area contributed by atoms with Gasteiger partial charge in [0, 0.05) is 10.5 Å². The highest BCUT2D eigenvalue weighted by Crippen LogP contribution is 2.36. The Hall–Kier alpha value is -1.61.